The maximum atomic E-state index is 13.6. The standard InChI is InChI=1S/C19H20FN5OS/c1-13-22-23-24-25(13)18(11-14-5-3-7-16(20)9-14)19(26)21-17-8-4-6-15(10-17)12-27-2/h3-10,18H,11-12H2,1-2H3,(H,21,26). The molecule has 1 N–H and O–H groups in total. The Kier molecular flexibility index (Phi) is 6.18. The molecule has 0 radical (unpaired) electrons. The minimum absolute atomic E-state index is 0.254. The third-order valence-corrected chi connectivity index (χ3v) is 4.70. The van der Waals surface area contributed by atoms with Crippen LogP contribution in [0.3, 0.4) is 0 Å². The van der Waals surface area contributed by atoms with Gasteiger partial charge in [-0.3, -0.25) is 4.79 Å². The molecular weight excluding hydrogens is 365 g/mol. The molecule has 1 aromatic heterocycles. The van der Waals surface area contributed by atoms with E-state index in [2.05, 4.69) is 20.8 Å². The van der Waals surface area contributed by atoms with Crippen LogP contribution in [0.25, 0.3) is 0 Å². The lowest BCUT2D eigenvalue weighted by Crippen LogP contribution is -2.29. The number of hydrogen-bond acceptors (Lipinski definition) is 5. The molecule has 0 saturated heterocycles. The van der Waals surface area contributed by atoms with Gasteiger partial charge in [-0.2, -0.15) is 11.8 Å². The first-order valence-electron chi connectivity index (χ1n) is 8.44. The summed E-state index contributed by atoms with van der Waals surface area (Å²) >= 11 is 1.71. The minimum Gasteiger partial charge on any atom is -0.324 e. The van der Waals surface area contributed by atoms with E-state index in [1.807, 2.05) is 30.5 Å². The van der Waals surface area contributed by atoms with Gasteiger partial charge < -0.3 is 5.32 Å². The van der Waals surface area contributed by atoms with Crippen molar-refractivity contribution in [1.82, 2.24) is 20.2 Å². The molecule has 27 heavy (non-hydrogen) atoms. The van der Waals surface area contributed by atoms with Gasteiger partial charge in [-0.15, -0.1) is 5.10 Å². The van der Waals surface area contributed by atoms with Crippen LogP contribution in [0.5, 0.6) is 0 Å². The number of anilines is 1. The second-order valence-corrected chi connectivity index (χ2v) is 7.01. The van der Waals surface area contributed by atoms with Gasteiger partial charge in [0.1, 0.15) is 17.7 Å². The van der Waals surface area contributed by atoms with Crippen molar-refractivity contribution in [2.75, 3.05) is 11.6 Å². The highest BCUT2D eigenvalue weighted by molar-refractivity contribution is 7.97. The number of carbonyl (C=O) groups is 1. The van der Waals surface area contributed by atoms with Crippen LogP contribution in [-0.2, 0) is 17.0 Å². The Balaban J connectivity index is 1.85. The Morgan fingerprint density at radius 2 is 2.00 bits per heavy atom. The van der Waals surface area contributed by atoms with Gasteiger partial charge in [-0.25, -0.2) is 9.07 Å². The number of nitrogens with one attached hydrogen (secondary N) is 1. The number of tetrazole rings is 1. The van der Waals surface area contributed by atoms with Crippen LogP contribution in [0, 0.1) is 12.7 Å². The maximum absolute atomic E-state index is 13.6. The number of nitrogens with zero attached hydrogens (tertiary/aromatic N) is 4. The lowest BCUT2D eigenvalue weighted by atomic mass is 10.0. The number of rotatable bonds is 7. The first-order valence-corrected chi connectivity index (χ1v) is 9.84. The number of benzene rings is 2. The van der Waals surface area contributed by atoms with Crippen LogP contribution in [0.1, 0.15) is 23.0 Å². The summed E-state index contributed by atoms with van der Waals surface area (Å²) in [5.41, 5.74) is 2.53. The molecule has 0 aliphatic carbocycles. The largest absolute Gasteiger partial charge is 0.324 e. The third kappa shape index (κ3) is 4.91. The minimum atomic E-state index is -0.689. The van der Waals surface area contributed by atoms with E-state index in [1.54, 1.807) is 30.8 Å². The van der Waals surface area contributed by atoms with Crippen molar-refractivity contribution in [3.8, 4) is 0 Å². The molecular formula is C19H20FN5OS. The molecule has 1 atom stereocenters. The normalized spacial score (nSPS) is 12.0. The van der Waals surface area contributed by atoms with E-state index >= 15 is 0 Å². The molecule has 3 rings (SSSR count). The Bertz CT molecular complexity index is 930. The first kappa shape index (κ1) is 19.0. The van der Waals surface area contributed by atoms with Gasteiger partial charge in [-0.05, 0) is 59.0 Å². The predicted octanol–water partition coefficient (Wildman–Crippen LogP) is 3.41. The SMILES string of the molecule is CSCc1cccc(NC(=O)C(Cc2cccc(F)c2)n2nnnc2C)c1. The van der Waals surface area contributed by atoms with Crippen LogP contribution in [0.15, 0.2) is 48.5 Å². The summed E-state index contributed by atoms with van der Waals surface area (Å²) in [7, 11) is 0. The van der Waals surface area contributed by atoms with E-state index in [0.29, 0.717) is 17.1 Å². The van der Waals surface area contributed by atoms with Crippen LogP contribution >= 0.6 is 11.8 Å². The van der Waals surface area contributed by atoms with Crippen LogP contribution in [0.2, 0.25) is 0 Å². The van der Waals surface area contributed by atoms with Gasteiger partial charge in [0.15, 0.2) is 0 Å². The Labute approximate surface area is 161 Å². The molecule has 0 fully saturated rings. The van der Waals surface area contributed by atoms with E-state index in [4.69, 9.17) is 0 Å². The molecule has 1 heterocycles. The topological polar surface area (TPSA) is 72.7 Å². The summed E-state index contributed by atoms with van der Waals surface area (Å²) in [6.45, 7) is 1.73. The molecule has 0 aliphatic rings. The number of hydrogen-bond donors (Lipinski definition) is 1. The van der Waals surface area contributed by atoms with Crippen molar-refractivity contribution < 1.29 is 9.18 Å². The van der Waals surface area contributed by atoms with E-state index in [1.165, 1.54) is 16.8 Å². The number of halogens is 1. The van der Waals surface area contributed by atoms with Crippen LogP contribution < -0.4 is 5.32 Å². The van der Waals surface area contributed by atoms with Gasteiger partial charge >= 0.3 is 0 Å². The second kappa shape index (κ2) is 8.77. The number of thioether (sulfide) groups is 1. The summed E-state index contributed by atoms with van der Waals surface area (Å²) in [4.78, 5) is 13.0. The Morgan fingerprint density at radius 3 is 2.70 bits per heavy atom. The second-order valence-electron chi connectivity index (χ2n) is 6.14. The van der Waals surface area contributed by atoms with Gasteiger partial charge in [0.05, 0.1) is 0 Å². The van der Waals surface area contributed by atoms with Crippen molar-refractivity contribution in [1.29, 1.82) is 0 Å². The zero-order valence-corrected chi connectivity index (χ0v) is 15.9. The summed E-state index contributed by atoms with van der Waals surface area (Å²) < 4.78 is 15.0. The van der Waals surface area contributed by atoms with E-state index in [-0.39, 0.29) is 18.1 Å². The Hall–Kier alpha value is -2.74. The average Bonchev–Trinajstić information content (AvgIpc) is 3.06. The zero-order chi connectivity index (χ0) is 19.2. The number of aryl methyl sites for hydroxylation is 1. The molecule has 1 amide bonds. The Morgan fingerprint density at radius 1 is 1.22 bits per heavy atom. The molecule has 0 spiro atoms. The van der Waals surface area contributed by atoms with Gasteiger partial charge in [0, 0.05) is 17.9 Å². The van der Waals surface area contributed by atoms with E-state index in [0.717, 1.165) is 11.3 Å². The summed E-state index contributed by atoms with van der Waals surface area (Å²) in [5.74, 6) is 0.784. The molecule has 140 valence electrons. The lowest BCUT2D eigenvalue weighted by molar-refractivity contribution is -0.119. The highest BCUT2D eigenvalue weighted by atomic mass is 32.2. The number of aromatic nitrogens is 4. The molecule has 2 aromatic carbocycles. The molecule has 3 aromatic rings. The fourth-order valence-electron chi connectivity index (χ4n) is 2.83. The summed E-state index contributed by atoms with van der Waals surface area (Å²) in [6.07, 6.45) is 2.31. The van der Waals surface area contributed by atoms with Crippen LogP contribution in [0.4, 0.5) is 10.1 Å². The predicted molar refractivity (Wildman–Crippen MR) is 104 cm³/mol. The van der Waals surface area contributed by atoms with E-state index < -0.39 is 6.04 Å². The van der Waals surface area contributed by atoms with Crippen molar-refractivity contribution in [3.05, 3.63) is 71.3 Å². The highest BCUT2D eigenvalue weighted by Crippen LogP contribution is 2.20. The quantitative estimate of drug-likeness (QED) is 0.675. The van der Waals surface area contributed by atoms with Crippen molar-refractivity contribution in [2.45, 2.75) is 25.1 Å². The summed E-state index contributed by atoms with van der Waals surface area (Å²) in [6, 6.07) is 13.2. The van der Waals surface area contributed by atoms with Crippen LogP contribution in [-0.4, -0.2) is 32.4 Å². The smallest absolute Gasteiger partial charge is 0.249 e. The maximum Gasteiger partial charge on any atom is 0.249 e. The summed E-state index contributed by atoms with van der Waals surface area (Å²) in [5, 5.41) is 14.4. The fraction of sp³-hybridized carbons (Fsp3) is 0.263. The molecule has 8 heteroatoms. The molecule has 0 saturated carbocycles. The van der Waals surface area contributed by atoms with Crippen molar-refractivity contribution in [3.63, 3.8) is 0 Å². The zero-order valence-electron chi connectivity index (χ0n) is 15.1. The monoisotopic (exact) mass is 385 g/mol. The number of amides is 1. The fourth-order valence-corrected chi connectivity index (χ4v) is 3.35. The van der Waals surface area contributed by atoms with Gasteiger partial charge in [0.2, 0.25) is 5.91 Å². The first-order chi connectivity index (χ1) is 13.1. The third-order valence-electron chi connectivity index (χ3n) is 4.08. The lowest BCUT2D eigenvalue weighted by Gasteiger charge is -2.18. The molecule has 0 aliphatic heterocycles. The van der Waals surface area contributed by atoms with Crippen molar-refractivity contribution >= 4 is 23.4 Å². The molecule has 0 bridgehead atoms. The van der Waals surface area contributed by atoms with Gasteiger partial charge in [-0.1, -0.05) is 24.3 Å². The van der Waals surface area contributed by atoms with E-state index in [9.17, 15) is 9.18 Å². The molecule has 6 nitrogen and oxygen atoms in total. The van der Waals surface area contributed by atoms with Gasteiger partial charge in [0.25, 0.3) is 0 Å². The highest BCUT2D eigenvalue weighted by Gasteiger charge is 2.24. The van der Waals surface area contributed by atoms with Crippen molar-refractivity contribution in [2.24, 2.45) is 0 Å². The molecule has 1 unspecified atom stereocenters. The number of carbonyl (C=O) groups excluding carboxylic acids is 1. The average molecular weight is 385 g/mol.